The number of carbonyl (C=O) groups excluding carboxylic acids is 1. The predicted octanol–water partition coefficient (Wildman–Crippen LogP) is 4.00. The van der Waals surface area contributed by atoms with E-state index in [2.05, 4.69) is 10.3 Å². The number of rotatable bonds is 2. The number of amides is 1. The zero-order valence-corrected chi connectivity index (χ0v) is 11.5. The maximum Gasteiger partial charge on any atom is 0.257 e. The number of benzene rings is 2. The van der Waals surface area contributed by atoms with Gasteiger partial charge < -0.3 is 0 Å². The molecule has 0 radical (unpaired) electrons. The lowest BCUT2D eigenvalue weighted by Gasteiger charge is -2.05. The maximum absolute atomic E-state index is 13.0. The van der Waals surface area contributed by atoms with Gasteiger partial charge in [0.05, 0.1) is 10.2 Å². The lowest BCUT2D eigenvalue weighted by atomic mass is 10.1. The number of nitrogens with one attached hydrogen (secondary N) is 1. The molecule has 5 heteroatoms. The molecule has 0 aliphatic carbocycles. The number of halogens is 1. The van der Waals surface area contributed by atoms with Crippen molar-refractivity contribution in [3.8, 4) is 0 Å². The molecular formula is C15H11FN2OS. The molecule has 20 heavy (non-hydrogen) atoms. The summed E-state index contributed by atoms with van der Waals surface area (Å²) in [6.45, 7) is 1.70. The Labute approximate surface area is 119 Å². The number of aromatic nitrogens is 1. The van der Waals surface area contributed by atoms with Gasteiger partial charge in [0.2, 0.25) is 0 Å². The van der Waals surface area contributed by atoms with E-state index in [1.165, 1.54) is 29.5 Å². The molecule has 0 aliphatic heterocycles. The average molecular weight is 286 g/mol. The molecule has 0 bridgehead atoms. The molecule has 1 aromatic heterocycles. The van der Waals surface area contributed by atoms with Crippen molar-refractivity contribution in [1.82, 2.24) is 4.98 Å². The minimum atomic E-state index is -0.348. The number of fused-ring (bicyclic) bond motifs is 1. The number of thiazole rings is 1. The van der Waals surface area contributed by atoms with Crippen LogP contribution in [0.1, 0.15) is 15.9 Å². The summed E-state index contributed by atoms with van der Waals surface area (Å²) >= 11 is 1.41. The molecule has 1 heterocycles. The summed E-state index contributed by atoms with van der Waals surface area (Å²) in [6.07, 6.45) is 0. The third-order valence-corrected chi connectivity index (χ3v) is 3.90. The highest BCUT2D eigenvalue weighted by molar-refractivity contribution is 7.22. The maximum atomic E-state index is 13.0. The SMILES string of the molecule is Cc1cc(F)ccc1C(=O)Nc1nc2ccccc2s1. The number of hydrogen-bond donors (Lipinski definition) is 1. The van der Waals surface area contributed by atoms with E-state index in [0.717, 1.165) is 10.2 Å². The van der Waals surface area contributed by atoms with Crippen LogP contribution in [0.25, 0.3) is 10.2 Å². The number of aryl methyl sites for hydroxylation is 1. The summed E-state index contributed by atoms with van der Waals surface area (Å²) in [6, 6.07) is 11.8. The Morgan fingerprint density at radius 2 is 2.05 bits per heavy atom. The van der Waals surface area contributed by atoms with Crippen LogP contribution in [0, 0.1) is 12.7 Å². The quantitative estimate of drug-likeness (QED) is 0.773. The smallest absolute Gasteiger partial charge is 0.257 e. The monoisotopic (exact) mass is 286 g/mol. The molecule has 0 fully saturated rings. The second kappa shape index (κ2) is 5.02. The van der Waals surface area contributed by atoms with Gasteiger partial charge in [-0.05, 0) is 42.8 Å². The second-order valence-electron chi connectivity index (χ2n) is 4.40. The van der Waals surface area contributed by atoms with Crippen LogP contribution in [0.15, 0.2) is 42.5 Å². The van der Waals surface area contributed by atoms with Crippen molar-refractivity contribution in [2.75, 3.05) is 5.32 Å². The van der Waals surface area contributed by atoms with Gasteiger partial charge in [0.1, 0.15) is 5.82 Å². The first kappa shape index (κ1) is 12.7. The fraction of sp³-hybridized carbons (Fsp3) is 0.0667. The lowest BCUT2D eigenvalue weighted by molar-refractivity contribution is 0.102. The molecule has 0 saturated heterocycles. The summed E-state index contributed by atoms with van der Waals surface area (Å²) in [5.41, 5.74) is 1.90. The molecule has 2 aromatic carbocycles. The highest BCUT2D eigenvalue weighted by Gasteiger charge is 2.12. The van der Waals surface area contributed by atoms with Crippen molar-refractivity contribution in [2.45, 2.75) is 6.92 Å². The predicted molar refractivity (Wildman–Crippen MR) is 78.7 cm³/mol. The van der Waals surface area contributed by atoms with Crippen LogP contribution < -0.4 is 5.32 Å². The van der Waals surface area contributed by atoms with E-state index < -0.39 is 0 Å². The molecule has 0 aliphatic rings. The molecule has 1 N–H and O–H groups in total. The number of hydrogen-bond acceptors (Lipinski definition) is 3. The van der Waals surface area contributed by atoms with Gasteiger partial charge in [-0.3, -0.25) is 10.1 Å². The minimum Gasteiger partial charge on any atom is -0.298 e. The number of carbonyl (C=O) groups is 1. The first-order valence-corrected chi connectivity index (χ1v) is 6.88. The van der Waals surface area contributed by atoms with Crippen molar-refractivity contribution < 1.29 is 9.18 Å². The van der Waals surface area contributed by atoms with Gasteiger partial charge in [-0.1, -0.05) is 23.5 Å². The van der Waals surface area contributed by atoms with Crippen molar-refractivity contribution in [3.63, 3.8) is 0 Å². The molecule has 0 unspecified atom stereocenters. The fourth-order valence-electron chi connectivity index (χ4n) is 1.97. The van der Waals surface area contributed by atoms with Gasteiger partial charge in [0, 0.05) is 5.56 Å². The molecule has 3 nitrogen and oxygen atoms in total. The second-order valence-corrected chi connectivity index (χ2v) is 5.43. The summed E-state index contributed by atoms with van der Waals surface area (Å²) in [7, 11) is 0. The van der Waals surface area contributed by atoms with Crippen LogP contribution in [0.4, 0.5) is 9.52 Å². The Morgan fingerprint density at radius 3 is 2.80 bits per heavy atom. The number of anilines is 1. The topological polar surface area (TPSA) is 42.0 Å². The third kappa shape index (κ3) is 2.40. The van der Waals surface area contributed by atoms with E-state index in [9.17, 15) is 9.18 Å². The largest absolute Gasteiger partial charge is 0.298 e. The molecule has 3 rings (SSSR count). The average Bonchev–Trinajstić information content (AvgIpc) is 2.80. The van der Waals surface area contributed by atoms with E-state index in [4.69, 9.17) is 0 Å². The summed E-state index contributed by atoms with van der Waals surface area (Å²) in [4.78, 5) is 16.5. The van der Waals surface area contributed by atoms with Crippen molar-refractivity contribution in [1.29, 1.82) is 0 Å². The summed E-state index contributed by atoms with van der Waals surface area (Å²) in [5, 5.41) is 3.30. The highest BCUT2D eigenvalue weighted by Crippen LogP contribution is 2.26. The van der Waals surface area contributed by atoms with Crippen LogP contribution in [0.5, 0.6) is 0 Å². The van der Waals surface area contributed by atoms with E-state index in [-0.39, 0.29) is 11.7 Å². The lowest BCUT2D eigenvalue weighted by Crippen LogP contribution is -2.13. The molecule has 100 valence electrons. The van der Waals surface area contributed by atoms with E-state index in [1.54, 1.807) is 6.92 Å². The van der Waals surface area contributed by atoms with Crippen molar-refractivity contribution in [2.24, 2.45) is 0 Å². The normalized spacial score (nSPS) is 10.7. The van der Waals surface area contributed by atoms with Crippen LogP contribution in [-0.2, 0) is 0 Å². The highest BCUT2D eigenvalue weighted by atomic mass is 32.1. The van der Waals surface area contributed by atoms with Gasteiger partial charge >= 0.3 is 0 Å². The van der Waals surface area contributed by atoms with Gasteiger partial charge in [0.25, 0.3) is 5.91 Å². The standard InChI is InChI=1S/C15H11FN2OS/c1-9-8-10(16)6-7-11(9)14(19)18-15-17-12-4-2-3-5-13(12)20-15/h2-8H,1H3,(H,17,18,19). The molecule has 0 atom stereocenters. The Morgan fingerprint density at radius 1 is 1.25 bits per heavy atom. The minimum absolute atomic E-state index is 0.276. The first-order chi connectivity index (χ1) is 9.63. The van der Waals surface area contributed by atoms with E-state index >= 15 is 0 Å². The Kier molecular flexibility index (Phi) is 3.20. The van der Waals surface area contributed by atoms with Crippen molar-refractivity contribution in [3.05, 3.63) is 59.4 Å². The number of para-hydroxylation sites is 1. The summed E-state index contributed by atoms with van der Waals surface area (Å²) in [5.74, 6) is -0.624. The van der Waals surface area contributed by atoms with E-state index in [0.29, 0.717) is 16.3 Å². The zero-order valence-electron chi connectivity index (χ0n) is 10.7. The zero-order chi connectivity index (χ0) is 14.1. The first-order valence-electron chi connectivity index (χ1n) is 6.06. The Hall–Kier alpha value is -2.27. The third-order valence-electron chi connectivity index (χ3n) is 2.95. The molecule has 1 amide bonds. The molecule has 0 spiro atoms. The molecular weight excluding hydrogens is 275 g/mol. The summed E-state index contributed by atoms with van der Waals surface area (Å²) < 4.78 is 14.0. The molecule has 3 aromatic rings. The Bertz CT molecular complexity index is 764. The van der Waals surface area contributed by atoms with Crippen LogP contribution in [0.2, 0.25) is 0 Å². The van der Waals surface area contributed by atoms with Gasteiger partial charge in [-0.25, -0.2) is 9.37 Å². The van der Waals surface area contributed by atoms with Crippen molar-refractivity contribution >= 4 is 32.6 Å². The van der Waals surface area contributed by atoms with Gasteiger partial charge in [-0.15, -0.1) is 0 Å². The molecule has 0 saturated carbocycles. The van der Waals surface area contributed by atoms with Gasteiger partial charge in [0.15, 0.2) is 5.13 Å². The fourth-order valence-corrected chi connectivity index (χ4v) is 2.83. The number of nitrogens with zero attached hydrogens (tertiary/aromatic N) is 1. The van der Waals surface area contributed by atoms with Crippen LogP contribution in [0.3, 0.4) is 0 Å². The Balaban J connectivity index is 1.88. The van der Waals surface area contributed by atoms with Gasteiger partial charge in [-0.2, -0.15) is 0 Å². The van der Waals surface area contributed by atoms with Crippen LogP contribution >= 0.6 is 11.3 Å². The van der Waals surface area contributed by atoms with E-state index in [1.807, 2.05) is 24.3 Å². The van der Waals surface area contributed by atoms with Crippen LogP contribution in [-0.4, -0.2) is 10.9 Å².